The van der Waals surface area contributed by atoms with Crippen molar-refractivity contribution >= 4 is 33.2 Å². The second-order valence-electron chi connectivity index (χ2n) is 8.14. The molecular weight excluding hydrogens is 474 g/mol. The van der Waals surface area contributed by atoms with E-state index in [1.54, 1.807) is 0 Å². The predicted octanol–water partition coefficient (Wildman–Crippen LogP) is 3.11. The van der Waals surface area contributed by atoms with Gasteiger partial charge in [0.1, 0.15) is 15.8 Å². The Bertz CT molecular complexity index is 1170. The Morgan fingerprint density at radius 2 is 1.73 bits per heavy atom. The van der Waals surface area contributed by atoms with Crippen LogP contribution in [0.4, 0.5) is 8.78 Å². The highest BCUT2D eigenvalue weighted by Crippen LogP contribution is 2.38. The molecular formula is C22H24F2N2O5S2. The van der Waals surface area contributed by atoms with Gasteiger partial charge in [-0.2, -0.15) is 4.31 Å². The molecule has 2 aromatic rings. The molecule has 0 unspecified atom stereocenters. The molecule has 1 amide bonds. The summed E-state index contributed by atoms with van der Waals surface area (Å²) in [6.45, 7) is 1.18. The summed E-state index contributed by atoms with van der Waals surface area (Å²) in [7, 11) is -2.66. The molecule has 1 fully saturated rings. The number of ether oxygens (including phenoxy) is 1. The van der Waals surface area contributed by atoms with Crippen molar-refractivity contribution in [1.29, 1.82) is 0 Å². The number of rotatable bonds is 5. The van der Waals surface area contributed by atoms with E-state index < -0.39 is 27.6 Å². The second kappa shape index (κ2) is 9.47. The summed E-state index contributed by atoms with van der Waals surface area (Å²) in [6.07, 6.45) is 2.60. The first kappa shape index (κ1) is 23.8. The number of halogens is 2. The van der Waals surface area contributed by atoms with Crippen LogP contribution in [0.2, 0.25) is 0 Å². The molecule has 0 radical (unpaired) electrons. The highest BCUT2D eigenvalue weighted by molar-refractivity contribution is 7.91. The van der Waals surface area contributed by atoms with Crippen molar-refractivity contribution in [2.24, 2.45) is 0 Å². The van der Waals surface area contributed by atoms with Crippen LogP contribution < -0.4 is 0 Å². The zero-order valence-corrected chi connectivity index (χ0v) is 19.7. The maximum absolute atomic E-state index is 13.5. The van der Waals surface area contributed by atoms with E-state index in [1.807, 2.05) is 0 Å². The molecule has 178 valence electrons. The molecule has 0 spiro atoms. The fourth-order valence-corrected chi connectivity index (χ4v) is 7.86. The van der Waals surface area contributed by atoms with E-state index in [9.17, 15) is 26.8 Å². The fourth-order valence-electron chi connectivity index (χ4n) is 4.30. The Kier molecular flexibility index (Phi) is 6.83. The molecule has 2 aliphatic heterocycles. The van der Waals surface area contributed by atoms with Crippen LogP contribution in [0.5, 0.6) is 0 Å². The van der Waals surface area contributed by atoms with Gasteiger partial charge in [-0.1, -0.05) is 6.42 Å². The predicted molar refractivity (Wildman–Crippen MR) is 117 cm³/mol. The Hall–Kier alpha value is -2.37. The Labute approximate surface area is 195 Å². The normalized spacial score (nSPS) is 17.0. The van der Waals surface area contributed by atoms with Crippen LogP contribution in [0.15, 0.2) is 22.4 Å². The number of nitrogens with zero attached hydrogens (tertiary/aromatic N) is 2. The van der Waals surface area contributed by atoms with Crippen LogP contribution in [-0.4, -0.2) is 56.2 Å². The molecule has 33 heavy (non-hydrogen) atoms. The van der Waals surface area contributed by atoms with Crippen LogP contribution in [0.1, 0.15) is 45.6 Å². The monoisotopic (exact) mass is 498 g/mol. The first-order valence-electron chi connectivity index (χ1n) is 10.7. The van der Waals surface area contributed by atoms with Gasteiger partial charge >= 0.3 is 5.97 Å². The summed E-state index contributed by atoms with van der Waals surface area (Å²) in [4.78, 5) is 27.5. The summed E-state index contributed by atoms with van der Waals surface area (Å²) in [5, 5.41) is 0. The Morgan fingerprint density at radius 3 is 2.36 bits per heavy atom. The number of carbonyl (C=O) groups excluding carboxylic acids is 2. The minimum atomic E-state index is -3.87. The van der Waals surface area contributed by atoms with Gasteiger partial charge in [0.05, 0.1) is 25.6 Å². The molecule has 0 saturated carbocycles. The zero-order chi connectivity index (χ0) is 23.8. The number of esters is 1. The summed E-state index contributed by atoms with van der Waals surface area (Å²) < 4.78 is 59.9. The highest BCUT2D eigenvalue weighted by Gasteiger charge is 2.37. The van der Waals surface area contributed by atoms with Gasteiger partial charge < -0.3 is 9.64 Å². The van der Waals surface area contributed by atoms with Gasteiger partial charge in [0.25, 0.3) is 10.0 Å². The second-order valence-corrected chi connectivity index (χ2v) is 11.4. The van der Waals surface area contributed by atoms with E-state index >= 15 is 0 Å². The summed E-state index contributed by atoms with van der Waals surface area (Å²) in [5.41, 5.74) is 0.865. The molecule has 0 atom stereocenters. The van der Waals surface area contributed by atoms with E-state index in [0.29, 0.717) is 23.5 Å². The average molecular weight is 499 g/mol. The van der Waals surface area contributed by atoms with Crippen LogP contribution in [0.25, 0.3) is 0 Å². The van der Waals surface area contributed by atoms with Crippen molar-refractivity contribution in [3.05, 3.63) is 51.4 Å². The van der Waals surface area contributed by atoms with E-state index in [1.165, 1.54) is 16.3 Å². The number of benzene rings is 1. The number of thiophene rings is 1. The largest absolute Gasteiger partial charge is 0.465 e. The summed E-state index contributed by atoms with van der Waals surface area (Å²) >= 11 is 0.994. The number of sulfonamides is 1. The number of hydrogen-bond donors (Lipinski definition) is 0. The maximum Gasteiger partial charge on any atom is 0.340 e. The van der Waals surface area contributed by atoms with Gasteiger partial charge in [-0.3, -0.25) is 4.79 Å². The van der Waals surface area contributed by atoms with Crippen molar-refractivity contribution in [3.8, 4) is 0 Å². The minimum Gasteiger partial charge on any atom is -0.465 e. The minimum absolute atomic E-state index is 0.0391. The molecule has 1 aromatic carbocycles. The molecule has 2 aliphatic rings. The summed E-state index contributed by atoms with van der Waals surface area (Å²) in [5.74, 6) is -2.56. The number of amides is 1. The molecule has 11 heteroatoms. The molecule has 0 bridgehead atoms. The number of fused-ring (bicyclic) bond motifs is 1. The molecule has 7 nitrogen and oxygen atoms in total. The van der Waals surface area contributed by atoms with Crippen LogP contribution in [0.3, 0.4) is 0 Å². The lowest BCUT2D eigenvalue weighted by atomic mass is 10.0. The number of piperidine rings is 1. The van der Waals surface area contributed by atoms with Gasteiger partial charge in [0.2, 0.25) is 5.91 Å². The lowest BCUT2D eigenvalue weighted by Gasteiger charge is -2.27. The fraction of sp³-hybridized carbons (Fsp3) is 0.455. The molecule has 0 N–H and O–H groups in total. The third-order valence-electron chi connectivity index (χ3n) is 5.93. The Balaban J connectivity index is 1.62. The zero-order valence-electron chi connectivity index (χ0n) is 18.1. The van der Waals surface area contributed by atoms with Crippen molar-refractivity contribution in [3.63, 3.8) is 0 Å². The van der Waals surface area contributed by atoms with Crippen molar-refractivity contribution < 1.29 is 31.5 Å². The lowest BCUT2D eigenvalue weighted by molar-refractivity contribution is -0.131. The topological polar surface area (TPSA) is 84.0 Å². The maximum atomic E-state index is 13.5. The van der Waals surface area contributed by atoms with Gasteiger partial charge in [-0.25, -0.2) is 22.0 Å². The van der Waals surface area contributed by atoms with Crippen LogP contribution in [-0.2, 0) is 38.9 Å². The van der Waals surface area contributed by atoms with E-state index in [2.05, 4.69) is 0 Å². The molecule has 1 aromatic heterocycles. The first-order valence-corrected chi connectivity index (χ1v) is 12.9. The Morgan fingerprint density at radius 1 is 1.06 bits per heavy atom. The van der Waals surface area contributed by atoms with Gasteiger partial charge in [-0.05, 0) is 42.5 Å². The van der Waals surface area contributed by atoms with E-state index in [4.69, 9.17) is 4.74 Å². The number of hydrogen-bond acceptors (Lipinski definition) is 6. The first-order chi connectivity index (χ1) is 15.7. The molecule has 1 saturated heterocycles. The van der Waals surface area contributed by atoms with Gasteiger partial charge in [-0.15, -0.1) is 11.3 Å². The van der Waals surface area contributed by atoms with Gasteiger partial charge in [0.15, 0.2) is 0 Å². The van der Waals surface area contributed by atoms with Crippen molar-refractivity contribution in [2.45, 2.75) is 42.9 Å². The average Bonchev–Trinajstić information content (AvgIpc) is 3.18. The van der Waals surface area contributed by atoms with Gasteiger partial charge in [0, 0.05) is 30.6 Å². The number of methoxy groups -OCH3 is 1. The highest BCUT2D eigenvalue weighted by atomic mass is 32.2. The molecule has 4 rings (SSSR count). The molecule has 3 heterocycles. The quantitative estimate of drug-likeness (QED) is 0.592. The standard InChI is InChI=1S/C22H24F2N2O5S2/c1-31-21(28)20-17-5-8-25(19(27)11-14-9-15(23)12-16(24)10-14)13-18(17)32-22(20)33(29,30)26-6-3-2-4-7-26/h9-10,12H,2-8,11,13H2,1H3. The molecule has 0 aliphatic carbocycles. The summed E-state index contributed by atoms with van der Waals surface area (Å²) in [6, 6.07) is 2.96. The number of carbonyl (C=O) groups is 2. The van der Waals surface area contributed by atoms with Crippen molar-refractivity contribution in [2.75, 3.05) is 26.7 Å². The van der Waals surface area contributed by atoms with E-state index in [0.717, 1.165) is 48.8 Å². The third kappa shape index (κ3) is 4.80. The lowest BCUT2D eigenvalue weighted by Crippen LogP contribution is -2.37. The third-order valence-corrected chi connectivity index (χ3v) is 9.54. The van der Waals surface area contributed by atoms with Crippen LogP contribution >= 0.6 is 11.3 Å². The SMILES string of the molecule is COC(=O)c1c(S(=O)(=O)N2CCCCC2)sc2c1CCN(C(=O)Cc1cc(F)cc(F)c1)C2. The van der Waals surface area contributed by atoms with Crippen molar-refractivity contribution in [1.82, 2.24) is 9.21 Å². The van der Waals surface area contributed by atoms with Crippen LogP contribution in [0, 0.1) is 11.6 Å². The van der Waals surface area contributed by atoms with E-state index in [-0.39, 0.29) is 47.2 Å². The smallest absolute Gasteiger partial charge is 0.340 e.